The maximum absolute atomic E-state index is 12.6. The van der Waals surface area contributed by atoms with E-state index in [0.29, 0.717) is 10.9 Å². The summed E-state index contributed by atoms with van der Waals surface area (Å²) in [6, 6.07) is 11.3. The molecule has 102 valence electrons. The minimum Gasteiger partial charge on any atom is -0.234 e. The molecule has 0 fully saturated rings. The molecule has 0 aromatic heterocycles. The van der Waals surface area contributed by atoms with E-state index in [1.807, 2.05) is 58.0 Å². The Hall–Kier alpha value is -1.79. The summed E-state index contributed by atoms with van der Waals surface area (Å²) in [6.45, 7) is 7.67. The van der Waals surface area contributed by atoms with Gasteiger partial charge in [0.25, 0.3) is 0 Å². The highest BCUT2D eigenvalue weighted by molar-refractivity contribution is 7.71. The Bertz CT molecular complexity index is 679. The molecule has 0 heterocycles. The van der Waals surface area contributed by atoms with Gasteiger partial charge in [0, 0.05) is 5.56 Å². The minimum absolute atomic E-state index is 0.274. The summed E-state index contributed by atoms with van der Waals surface area (Å²) in [7, 11) is -2.06. The summed E-state index contributed by atoms with van der Waals surface area (Å²) in [5, 5.41) is 0.631. The predicted molar refractivity (Wildman–Crippen MR) is 83.4 cm³/mol. The molecule has 3 heteroatoms. The predicted octanol–water partition coefficient (Wildman–Crippen LogP) is 4.21. The second-order valence-electron chi connectivity index (χ2n) is 5.16. The van der Waals surface area contributed by atoms with Gasteiger partial charge in [0.2, 0.25) is 5.30 Å². The van der Waals surface area contributed by atoms with Crippen LogP contribution in [0.5, 0.6) is 0 Å². The second kappa shape index (κ2) is 5.68. The van der Waals surface area contributed by atoms with Crippen molar-refractivity contribution >= 4 is 18.6 Å². The zero-order valence-corrected chi connectivity index (χ0v) is 13.1. The molecule has 2 aromatic carbocycles. The van der Waals surface area contributed by atoms with E-state index in [-0.39, 0.29) is 5.52 Å². The number of hydrogen-bond donors (Lipinski definition) is 0. The smallest absolute Gasteiger partial charge is 0.234 e. The molecule has 2 nitrogen and oxygen atoms in total. The number of carbonyl (C=O) groups is 1. The maximum atomic E-state index is 12.6. The first-order chi connectivity index (χ1) is 9.41. The first kappa shape index (κ1) is 14.6. The van der Waals surface area contributed by atoms with E-state index < -0.39 is 7.80 Å². The van der Waals surface area contributed by atoms with Crippen LogP contribution in [0.3, 0.4) is 0 Å². The van der Waals surface area contributed by atoms with Crippen LogP contribution in [-0.4, -0.2) is 5.52 Å². The molecule has 20 heavy (non-hydrogen) atoms. The van der Waals surface area contributed by atoms with Crippen molar-refractivity contribution in [2.24, 2.45) is 0 Å². The fraction of sp³-hybridized carbons (Fsp3) is 0.235. The van der Waals surface area contributed by atoms with E-state index in [4.69, 9.17) is 0 Å². The first-order valence-electron chi connectivity index (χ1n) is 6.57. The van der Waals surface area contributed by atoms with E-state index in [1.165, 1.54) is 0 Å². The summed E-state index contributed by atoms with van der Waals surface area (Å²) in [5.41, 5.74) is 4.12. The quantitative estimate of drug-likeness (QED) is 0.791. The lowest BCUT2D eigenvalue weighted by Gasteiger charge is -2.05. The second-order valence-corrected chi connectivity index (χ2v) is 6.64. The molecule has 0 bridgehead atoms. The SMILES string of the molecule is Cc1cc(C)c(C(=O)[P+](=O)c2ccccc2C)c(C)c1. The van der Waals surface area contributed by atoms with Crippen LogP contribution >= 0.6 is 7.80 Å². The fourth-order valence-electron chi connectivity index (χ4n) is 2.52. The molecule has 1 atom stereocenters. The van der Waals surface area contributed by atoms with Gasteiger partial charge in [0.15, 0.2) is 0 Å². The van der Waals surface area contributed by atoms with Crippen LogP contribution in [0.2, 0.25) is 0 Å². The van der Waals surface area contributed by atoms with E-state index >= 15 is 0 Å². The van der Waals surface area contributed by atoms with Crippen molar-refractivity contribution in [1.29, 1.82) is 0 Å². The standard InChI is InChI=1S/C17H18O2P/c1-11-9-13(3)16(14(4)10-11)17(18)20(19)15-8-6-5-7-12(15)2/h5-10H,1-4H3/q+1. The summed E-state index contributed by atoms with van der Waals surface area (Å²) in [5.74, 6) is 0. The van der Waals surface area contributed by atoms with Crippen LogP contribution < -0.4 is 5.30 Å². The van der Waals surface area contributed by atoms with Gasteiger partial charge < -0.3 is 0 Å². The Morgan fingerprint density at radius 3 is 2.00 bits per heavy atom. The molecule has 2 aromatic rings. The number of rotatable bonds is 3. The van der Waals surface area contributed by atoms with Crippen LogP contribution in [-0.2, 0) is 4.57 Å². The van der Waals surface area contributed by atoms with Crippen molar-refractivity contribution in [1.82, 2.24) is 0 Å². The van der Waals surface area contributed by atoms with Gasteiger partial charge in [-0.3, -0.25) is 0 Å². The minimum atomic E-state index is -2.06. The Labute approximate surface area is 120 Å². The molecule has 0 aliphatic rings. The Kier molecular flexibility index (Phi) is 4.15. The summed E-state index contributed by atoms with van der Waals surface area (Å²) in [6.07, 6.45) is 0. The van der Waals surface area contributed by atoms with Crippen LogP contribution in [0.1, 0.15) is 32.6 Å². The number of hydrogen-bond acceptors (Lipinski definition) is 2. The van der Waals surface area contributed by atoms with Crippen molar-refractivity contribution < 1.29 is 9.36 Å². The molecule has 0 radical (unpaired) electrons. The third-order valence-electron chi connectivity index (χ3n) is 3.41. The van der Waals surface area contributed by atoms with Gasteiger partial charge in [0.1, 0.15) is 0 Å². The molecular formula is C17H18O2P+. The monoisotopic (exact) mass is 285 g/mol. The molecule has 0 amide bonds. The zero-order valence-electron chi connectivity index (χ0n) is 12.2. The Morgan fingerprint density at radius 2 is 1.45 bits per heavy atom. The molecule has 2 rings (SSSR count). The molecule has 1 unspecified atom stereocenters. The van der Waals surface area contributed by atoms with Gasteiger partial charge >= 0.3 is 13.3 Å². The lowest BCUT2D eigenvalue weighted by Crippen LogP contribution is -2.09. The number of benzene rings is 2. The van der Waals surface area contributed by atoms with Crippen molar-refractivity contribution in [2.45, 2.75) is 27.7 Å². The molecule has 0 aliphatic heterocycles. The number of aryl methyl sites for hydroxylation is 4. The maximum Gasteiger partial charge on any atom is 0.458 e. The average molecular weight is 285 g/mol. The Morgan fingerprint density at radius 1 is 0.900 bits per heavy atom. The molecule has 0 spiro atoms. The summed E-state index contributed by atoms with van der Waals surface area (Å²) in [4.78, 5) is 12.6. The molecule has 0 N–H and O–H groups in total. The Balaban J connectivity index is 2.48. The van der Waals surface area contributed by atoms with Crippen LogP contribution in [0.4, 0.5) is 0 Å². The normalized spacial score (nSPS) is 11.3. The fourth-order valence-corrected chi connectivity index (χ4v) is 3.91. The van der Waals surface area contributed by atoms with Gasteiger partial charge in [-0.15, -0.1) is 0 Å². The third-order valence-corrected chi connectivity index (χ3v) is 4.94. The van der Waals surface area contributed by atoms with Crippen molar-refractivity contribution in [3.05, 3.63) is 64.2 Å². The van der Waals surface area contributed by atoms with Gasteiger partial charge in [-0.25, -0.2) is 4.79 Å². The molecule has 0 aliphatic carbocycles. The summed E-state index contributed by atoms with van der Waals surface area (Å²) >= 11 is 0. The van der Waals surface area contributed by atoms with Crippen LogP contribution in [0.15, 0.2) is 36.4 Å². The lowest BCUT2D eigenvalue weighted by molar-refractivity contribution is 0.107. The molecule has 0 saturated carbocycles. The first-order valence-corrected chi connectivity index (χ1v) is 7.83. The number of carbonyl (C=O) groups excluding carboxylic acids is 1. The van der Waals surface area contributed by atoms with Gasteiger partial charge in [-0.05, 0) is 44.9 Å². The van der Waals surface area contributed by atoms with Crippen molar-refractivity contribution in [3.8, 4) is 0 Å². The topological polar surface area (TPSA) is 34.1 Å². The largest absolute Gasteiger partial charge is 0.458 e. The van der Waals surface area contributed by atoms with Gasteiger partial charge in [-0.2, -0.15) is 0 Å². The van der Waals surface area contributed by atoms with E-state index in [0.717, 1.165) is 22.3 Å². The highest BCUT2D eigenvalue weighted by Crippen LogP contribution is 2.31. The molecular weight excluding hydrogens is 267 g/mol. The molecule has 0 saturated heterocycles. The highest BCUT2D eigenvalue weighted by atomic mass is 31.1. The third kappa shape index (κ3) is 2.71. The van der Waals surface area contributed by atoms with Crippen molar-refractivity contribution in [2.75, 3.05) is 0 Å². The summed E-state index contributed by atoms with van der Waals surface area (Å²) < 4.78 is 12.6. The highest BCUT2D eigenvalue weighted by Gasteiger charge is 2.35. The van der Waals surface area contributed by atoms with Crippen molar-refractivity contribution in [3.63, 3.8) is 0 Å². The van der Waals surface area contributed by atoms with Gasteiger partial charge in [0.05, 0.1) is 5.56 Å². The van der Waals surface area contributed by atoms with E-state index in [1.54, 1.807) is 6.07 Å². The van der Waals surface area contributed by atoms with Gasteiger partial charge in [-0.1, -0.05) is 40.5 Å². The van der Waals surface area contributed by atoms with Crippen LogP contribution in [0.25, 0.3) is 0 Å². The average Bonchev–Trinajstić information content (AvgIpc) is 2.37. The van der Waals surface area contributed by atoms with E-state index in [2.05, 4.69) is 0 Å². The van der Waals surface area contributed by atoms with E-state index in [9.17, 15) is 9.36 Å². The lowest BCUT2D eigenvalue weighted by atomic mass is 10.0. The zero-order chi connectivity index (χ0) is 14.9. The van der Waals surface area contributed by atoms with Crippen LogP contribution in [0, 0.1) is 27.7 Å².